The number of fused-ring (bicyclic) bond motifs is 2. The van der Waals surface area contributed by atoms with Gasteiger partial charge in [0.2, 0.25) is 5.95 Å². The highest BCUT2D eigenvalue weighted by atomic mass is 19.4. The van der Waals surface area contributed by atoms with Crippen LogP contribution in [0.2, 0.25) is 0 Å². The van der Waals surface area contributed by atoms with Gasteiger partial charge in [0.05, 0.1) is 12.1 Å². The van der Waals surface area contributed by atoms with Crippen LogP contribution in [0.15, 0.2) is 30.9 Å². The van der Waals surface area contributed by atoms with E-state index in [9.17, 15) is 13.2 Å². The van der Waals surface area contributed by atoms with Gasteiger partial charge in [0.1, 0.15) is 17.8 Å². The number of anilines is 2. The Balaban J connectivity index is 1.54. The molecule has 5 rings (SSSR count). The van der Waals surface area contributed by atoms with Crippen molar-refractivity contribution in [2.45, 2.75) is 24.7 Å². The van der Waals surface area contributed by atoms with Gasteiger partial charge in [-0.25, -0.2) is 19.9 Å². The van der Waals surface area contributed by atoms with Crippen molar-refractivity contribution < 1.29 is 13.2 Å². The van der Waals surface area contributed by atoms with Gasteiger partial charge < -0.3 is 9.80 Å². The first-order valence-corrected chi connectivity index (χ1v) is 7.22. The summed E-state index contributed by atoms with van der Waals surface area (Å²) in [6.45, 7) is 1.34. The third-order valence-electron chi connectivity index (χ3n) is 4.24. The van der Waals surface area contributed by atoms with Crippen molar-refractivity contribution in [1.29, 1.82) is 0 Å². The summed E-state index contributed by atoms with van der Waals surface area (Å²) >= 11 is 0. The lowest BCUT2D eigenvalue weighted by molar-refractivity contribution is -0.141. The molecule has 23 heavy (non-hydrogen) atoms. The molecule has 0 aromatic carbocycles. The highest BCUT2D eigenvalue weighted by Gasteiger charge is 2.46. The van der Waals surface area contributed by atoms with Crippen molar-refractivity contribution in [3.05, 3.63) is 36.5 Å². The van der Waals surface area contributed by atoms with Crippen molar-refractivity contribution in [2.75, 3.05) is 22.9 Å². The van der Waals surface area contributed by atoms with E-state index in [1.165, 1.54) is 0 Å². The molecule has 0 spiro atoms. The summed E-state index contributed by atoms with van der Waals surface area (Å²) in [4.78, 5) is 19.8. The molecule has 2 bridgehead atoms. The number of hydrogen-bond donors (Lipinski definition) is 0. The maximum atomic E-state index is 12.8. The van der Waals surface area contributed by atoms with Crippen LogP contribution in [-0.2, 0) is 6.18 Å². The van der Waals surface area contributed by atoms with Crippen LogP contribution in [0.5, 0.6) is 0 Å². The summed E-state index contributed by atoms with van der Waals surface area (Å²) in [6, 6.07) is 3.01. The number of rotatable bonds is 2. The van der Waals surface area contributed by atoms with Crippen LogP contribution in [0, 0.1) is 0 Å². The minimum absolute atomic E-state index is 0.119. The Morgan fingerprint density at radius 3 is 2.35 bits per heavy atom. The second kappa shape index (κ2) is 5.04. The summed E-state index contributed by atoms with van der Waals surface area (Å²) in [6.07, 6.45) is 0.821. The largest absolute Gasteiger partial charge is 0.433 e. The molecule has 5 heterocycles. The Hall–Kier alpha value is -2.45. The highest BCUT2D eigenvalue weighted by molar-refractivity contribution is 5.51. The summed E-state index contributed by atoms with van der Waals surface area (Å²) in [5.41, 5.74) is -0.907. The fourth-order valence-electron chi connectivity index (χ4n) is 3.24. The lowest BCUT2D eigenvalue weighted by Gasteiger charge is -2.56. The third kappa shape index (κ3) is 2.45. The van der Waals surface area contributed by atoms with Gasteiger partial charge in [0.25, 0.3) is 0 Å². The van der Waals surface area contributed by atoms with Crippen molar-refractivity contribution in [1.82, 2.24) is 19.9 Å². The molecule has 2 aromatic rings. The van der Waals surface area contributed by atoms with Crippen LogP contribution in [0.25, 0.3) is 0 Å². The van der Waals surface area contributed by atoms with Gasteiger partial charge in [-0.15, -0.1) is 0 Å². The number of piperazine rings is 1. The van der Waals surface area contributed by atoms with E-state index in [4.69, 9.17) is 0 Å². The van der Waals surface area contributed by atoms with E-state index in [1.807, 2.05) is 4.90 Å². The molecule has 3 saturated heterocycles. The van der Waals surface area contributed by atoms with Crippen LogP contribution in [0.4, 0.5) is 24.9 Å². The molecule has 0 aliphatic carbocycles. The van der Waals surface area contributed by atoms with E-state index in [-0.39, 0.29) is 12.1 Å². The van der Waals surface area contributed by atoms with Crippen LogP contribution in [-0.4, -0.2) is 45.1 Å². The van der Waals surface area contributed by atoms with Gasteiger partial charge in [-0.2, -0.15) is 13.2 Å². The number of halogens is 3. The molecule has 0 N–H and O–H groups in total. The van der Waals surface area contributed by atoms with Crippen LogP contribution in [0.3, 0.4) is 0 Å². The second-order valence-electron chi connectivity index (χ2n) is 5.66. The van der Waals surface area contributed by atoms with Gasteiger partial charge in [0, 0.05) is 31.5 Å². The maximum Gasteiger partial charge on any atom is 0.433 e. The van der Waals surface area contributed by atoms with Gasteiger partial charge in [-0.1, -0.05) is 0 Å². The summed E-state index contributed by atoms with van der Waals surface area (Å²) in [5, 5.41) is 0. The van der Waals surface area contributed by atoms with Crippen molar-refractivity contribution in [3.8, 4) is 0 Å². The topological polar surface area (TPSA) is 58.0 Å². The van der Waals surface area contributed by atoms with Crippen molar-refractivity contribution in [2.24, 2.45) is 0 Å². The van der Waals surface area contributed by atoms with Crippen LogP contribution < -0.4 is 9.80 Å². The first kappa shape index (κ1) is 14.2. The van der Waals surface area contributed by atoms with E-state index >= 15 is 0 Å². The normalized spacial score (nSPS) is 23.6. The first-order valence-electron chi connectivity index (χ1n) is 7.22. The molecule has 3 aliphatic heterocycles. The fourth-order valence-corrected chi connectivity index (χ4v) is 3.24. The lowest BCUT2D eigenvalue weighted by atomic mass is 9.87. The van der Waals surface area contributed by atoms with Crippen LogP contribution >= 0.6 is 0 Å². The second-order valence-corrected chi connectivity index (χ2v) is 5.66. The number of alkyl halides is 3. The third-order valence-corrected chi connectivity index (χ3v) is 4.24. The number of aromatic nitrogens is 4. The van der Waals surface area contributed by atoms with E-state index in [1.54, 1.807) is 18.5 Å². The Morgan fingerprint density at radius 1 is 1.00 bits per heavy atom. The highest BCUT2D eigenvalue weighted by Crippen LogP contribution is 2.38. The average molecular weight is 322 g/mol. The molecule has 3 aliphatic rings. The molecule has 0 saturated carbocycles. The van der Waals surface area contributed by atoms with Crippen LogP contribution in [0.1, 0.15) is 12.1 Å². The van der Waals surface area contributed by atoms with Gasteiger partial charge in [-0.05, 0) is 12.5 Å². The predicted octanol–water partition coefficient (Wildman–Crippen LogP) is 1.75. The van der Waals surface area contributed by atoms with Gasteiger partial charge in [-0.3, -0.25) is 0 Å². The number of piperidine rings is 1. The Bertz CT molecular complexity index is 695. The SMILES string of the molecule is FC(F)(F)c1cc(N2C3CC2CN(c2ncccn2)C3)ncn1. The molecule has 0 radical (unpaired) electrons. The summed E-state index contributed by atoms with van der Waals surface area (Å²) < 4.78 is 38.4. The quantitative estimate of drug-likeness (QED) is 0.840. The minimum atomic E-state index is -4.46. The number of hydrogen-bond acceptors (Lipinski definition) is 6. The first-order chi connectivity index (χ1) is 11.0. The predicted molar refractivity (Wildman–Crippen MR) is 76.0 cm³/mol. The molecular formula is C14H13F3N6. The molecule has 0 amide bonds. The smallest absolute Gasteiger partial charge is 0.347 e. The van der Waals surface area contributed by atoms with E-state index in [0.29, 0.717) is 24.9 Å². The molecule has 6 nitrogen and oxygen atoms in total. The minimum Gasteiger partial charge on any atom is -0.347 e. The molecule has 2 aromatic heterocycles. The average Bonchev–Trinajstić information content (AvgIpc) is 2.55. The monoisotopic (exact) mass is 322 g/mol. The molecule has 9 heteroatoms. The molecule has 2 unspecified atom stereocenters. The zero-order valence-corrected chi connectivity index (χ0v) is 12.0. The Kier molecular flexibility index (Phi) is 3.10. The molecule has 2 atom stereocenters. The van der Waals surface area contributed by atoms with Gasteiger partial charge >= 0.3 is 6.18 Å². The van der Waals surface area contributed by atoms with E-state index in [2.05, 4.69) is 24.8 Å². The zero-order chi connectivity index (χ0) is 16.0. The van der Waals surface area contributed by atoms with E-state index < -0.39 is 11.9 Å². The van der Waals surface area contributed by atoms with Gasteiger partial charge in [0.15, 0.2) is 0 Å². The molecule has 120 valence electrons. The Morgan fingerprint density at radius 2 is 1.70 bits per heavy atom. The lowest BCUT2D eigenvalue weighted by Crippen LogP contribution is -2.69. The number of nitrogens with zero attached hydrogens (tertiary/aromatic N) is 6. The van der Waals surface area contributed by atoms with Crippen molar-refractivity contribution in [3.63, 3.8) is 0 Å². The molecular weight excluding hydrogens is 309 g/mol. The summed E-state index contributed by atoms with van der Waals surface area (Å²) in [5.74, 6) is 0.989. The maximum absolute atomic E-state index is 12.8. The fraction of sp³-hybridized carbons (Fsp3) is 0.429. The summed E-state index contributed by atoms with van der Waals surface area (Å²) in [7, 11) is 0. The molecule has 3 fully saturated rings. The Labute approximate surface area is 130 Å². The standard InChI is InChI=1S/C14H13F3N6/c15-14(16,17)11-5-12(21-8-20-11)23-9-4-10(23)7-22(6-9)13-18-2-1-3-19-13/h1-3,5,8-10H,4,6-7H2. The zero-order valence-electron chi connectivity index (χ0n) is 12.0. The van der Waals surface area contributed by atoms with Crippen molar-refractivity contribution >= 4 is 11.8 Å². The van der Waals surface area contributed by atoms with E-state index in [0.717, 1.165) is 18.8 Å².